The summed E-state index contributed by atoms with van der Waals surface area (Å²) in [5.74, 6) is -0.0120. The Kier molecular flexibility index (Phi) is 4.62. The fourth-order valence-electron chi connectivity index (χ4n) is 3.33. The molecule has 0 unspecified atom stereocenters. The first-order chi connectivity index (χ1) is 12.7. The number of hydrogen-bond acceptors (Lipinski definition) is 5. The first kappa shape index (κ1) is 16.7. The summed E-state index contributed by atoms with van der Waals surface area (Å²) in [5.41, 5.74) is 3.19. The van der Waals surface area contributed by atoms with Gasteiger partial charge in [-0.25, -0.2) is 9.50 Å². The molecule has 0 aromatic carbocycles. The summed E-state index contributed by atoms with van der Waals surface area (Å²) in [6.45, 7) is 3.74. The number of hydrogen-bond donors (Lipinski definition) is 0. The minimum Gasteiger partial charge on any atom is -0.372 e. The van der Waals surface area contributed by atoms with Crippen molar-refractivity contribution < 1.29 is 9.53 Å². The van der Waals surface area contributed by atoms with Crippen molar-refractivity contribution in [3.8, 4) is 0 Å². The number of likely N-dealkylation sites (tertiary alicyclic amines) is 1. The molecule has 7 nitrogen and oxygen atoms in total. The normalized spacial score (nSPS) is 17.6. The zero-order chi connectivity index (χ0) is 17.9. The summed E-state index contributed by atoms with van der Waals surface area (Å²) >= 11 is 0. The quantitative estimate of drug-likeness (QED) is 0.721. The van der Waals surface area contributed by atoms with Gasteiger partial charge in [0.2, 0.25) is 0 Å². The van der Waals surface area contributed by atoms with Gasteiger partial charge < -0.3 is 9.64 Å². The fourth-order valence-corrected chi connectivity index (χ4v) is 3.33. The minimum absolute atomic E-state index is 0.0120. The molecule has 1 aliphatic heterocycles. The van der Waals surface area contributed by atoms with Crippen molar-refractivity contribution in [1.29, 1.82) is 0 Å². The van der Waals surface area contributed by atoms with Crippen molar-refractivity contribution in [3.63, 3.8) is 0 Å². The van der Waals surface area contributed by atoms with E-state index in [0.717, 1.165) is 36.3 Å². The lowest BCUT2D eigenvalue weighted by atomic mass is 10.1. The number of fused-ring (bicyclic) bond motifs is 1. The third kappa shape index (κ3) is 3.30. The molecule has 7 heteroatoms. The number of ether oxygens (including phenoxy) is 1. The molecule has 1 atom stereocenters. The van der Waals surface area contributed by atoms with Crippen molar-refractivity contribution in [3.05, 3.63) is 59.8 Å². The van der Waals surface area contributed by atoms with Crippen molar-refractivity contribution >= 4 is 11.6 Å². The van der Waals surface area contributed by atoms with Gasteiger partial charge >= 0.3 is 0 Å². The van der Waals surface area contributed by atoms with Gasteiger partial charge in [-0.3, -0.25) is 9.78 Å². The van der Waals surface area contributed by atoms with Crippen LogP contribution in [0.2, 0.25) is 0 Å². The van der Waals surface area contributed by atoms with Crippen LogP contribution in [0.15, 0.2) is 43.0 Å². The van der Waals surface area contributed by atoms with Gasteiger partial charge in [-0.1, -0.05) is 6.07 Å². The molecular formula is C19H21N5O2. The molecule has 0 N–H and O–H groups in total. The summed E-state index contributed by atoms with van der Waals surface area (Å²) in [4.78, 5) is 23.3. The molecule has 0 bridgehead atoms. The maximum absolute atomic E-state index is 13.0. The van der Waals surface area contributed by atoms with Crippen LogP contribution in [0.3, 0.4) is 0 Å². The molecule has 1 fully saturated rings. The van der Waals surface area contributed by atoms with E-state index >= 15 is 0 Å². The van der Waals surface area contributed by atoms with E-state index in [1.54, 1.807) is 29.3 Å². The fraction of sp³-hybridized carbons (Fsp3) is 0.368. The highest BCUT2D eigenvalue weighted by molar-refractivity contribution is 5.95. The molecule has 26 heavy (non-hydrogen) atoms. The molecule has 1 amide bonds. The maximum atomic E-state index is 13.0. The number of aryl methyl sites for hydroxylation is 1. The van der Waals surface area contributed by atoms with E-state index in [4.69, 9.17) is 4.74 Å². The van der Waals surface area contributed by atoms with Crippen LogP contribution in [-0.4, -0.2) is 49.6 Å². The van der Waals surface area contributed by atoms with E-state index in [9.17, 15) is 4.79 Å². The highest BCUT2D eigenvalue weighted by Crippen LogP contribution is 2.19. The molecule has 134 valence electrons. The Bertz CT molecular complexity index is 909. The van der Waals surface area contributed by atoms with Gasteiger partial charge in [-0.2, -0.15) is 5.10 Å². The summed E-state index contributed by atoms with van der Waals surface area (Å²) < 4.78 is 7.71. The molecular weight excluding hydrogens is 330 g/mol. The van der Waals surface area contributed by atoms with Gasteiger partial charge in [-0.05, 0) is 31.4 Å². The topological polar surface area (TPSA) is 72.6 Å². The van der Waals surface area contributed by atoms with Crippen molar-refractivity contribution in [2.45, 2.75) is 32.5 Å². The molecule has 0 radical (unpaired) electrons. The minimum atomic E-state index is -0.0120. The van der Waals surface area contributed by atoms with Crippen molar-refractivity contribution in [1.82, 2.24) is 24.5 Å². The molecule has 0 saturated carbocycles. The Morgan fingerprint density at radius 1 is 1.31 bits per heavy atom. The standard InChI is InChI=1S/C19H21N5O2/c1-14-17(11-21-18-6-8-22-24(14)18)19(25)23-9-3-5-16(12-23)26-13-15-4-2-7-20-10-15/h2,4,6-8,10-11,16H,3,5,9,12-13H2,1H3/t16-/m0/s1. The monoisotopic (exact) mass is 351 g/mol. The third-order valence-electron chi connectivity index (χ3n) is 4.76. The highest BCUT2D eigenvalue weighted by Gasteiger charge is 2.26. The number of amides is 1. The summed E-state index contributed by atoms with van der Waals surface area (Å²) in [5, 5.41) is 4.24. The number of pyridine rings is 1. The second-order valence-electron chi connectivity index (χ2n) is 6.55. The summed E-state index contributed by atoms with van der Waals surface area (Å²) in [6, 6.07) is 5.72. The first-order valence-corrected chi connectivity index (χ1v) is 8.81. The second kappa shape index (κ2) is 7.21. The Labute approximate surface area is 151 Å². The zero-order valence-electron chi connectivity index (χ0n) is 14.7. The van der Waals surface area contributed by atoms with E-state index in [-0.39, 0.29) is 12.0 Å². The Hall–Kier alpha value is -2.80. The van der Waals surface area contributed by atoms with Crippen LogP contribution < -0.4 is 0 Å². The highest BCUT2D eigenvalue weighted by atomic mass is 16.5. The molecule has 3 aromatic heterocycles. The number of carbonyl (C=O) groups is 1. The molecule has 1 saturated heterocycles. The molecule has 1 aliphatic rings. The average molecular weight is 351 g/mol. The number of piperidine rings is 1. The number of aromatic nitrogens is 4. The van der Waals surface area contributed by atoms with Crippen LogP contribution in [0.25, 0.3) is 5.65 Å². The van der Waals surface area contributed by atoms with Gasteiger partial charge in [0.25, 0.3) is 5.91 Å². The zero-order valence-corrected chi connectivity index (χ0v) is 14.7. The van der Waals surface area contributed by atoms with Crippen LogP contribution in [0.1, 0.15) is 34.5 Å². The van der Waals surface area contributed by atoms with E-state index in [1.807, 2.05) is 30.0 Å². The first-order valence-electron chi connectivity index (χ1n) is 8.81. The largest absolute Gasteiger partial charge is 0.372 e. The lowest BCUT2D eigenvalue weighted by Crippen LogP contribution is -2.43. The number of rotatable bonds is 4. The lowest BCUT2D eigenvalue weighted by molar-refractivity contribution is -0.00686. The van der Waals surface area contributed by atoms with Crippen LogP contribution >= 0.6 is 0 Å². The van der Waals surface area contributed by atoms with E-state index in [1.165, 1.54) is 0 Å². The average Bonchev–Trinajstić information content (AvgIpc) is 3.17. The predicted octanol–water partition coefficient (Wildman–Crippen LogP) is 2.25. The van der Waals surface area contributed by atoms with Gasteiger partial charge in [0.15, 0.2) is 5.65 Å². The van der Waals surface area contributed by atoms with Gasteiger partial charge in [0.1, 0.15) is 0 Å². The molecule has 0 spiro atoms. The number of nitrogens with zero attached hydrogens (tertiary/aromatic N) is 5. The molecule has 4 heterocycles. The molecule has 0 aliphatic carbocycles. The maximum Gasteiger partial charge on any atom is 0.257 e. The Balaban J connectivity index is 1.44. The lowest BCUT2D eigenvalue weighted by Gasteiger charge is -2.33. The van der Waals surface area contributed by atoms with Crippen LogP contribution in [0.4, 0.5) is 0 Å². The van der Waals surface area contributed by atoms with E-state index in [0.29, 0.717) is 18.7 Å². The van der Waals surface area contributed by atoms with E-state index < -0.39 is 0 Å². The number of carbonyl (C=O) groups excluding carboxylic acids is 1. The molecule has 4 rings (SSSR count). The Morgan fingerprint density at radius 3 is 3.08 bits per heavy atom. The van der Waals surface area contributed by atoms with E-state index in [2.05, 4.69) is 15.1 Å². The van der Waals surface area contributed by atoms with Gasteiger partial charge in [0.05, 0.1) is 30.2 Å². The molecule has 3 aromatic rings. The second-order valence-corrected chi connectivity index (χ2v) is 6.55. The van der Waals surface area contributed by atoms with Gasteiger partial charge in [-0.15, -0.1) is 0 Å². The SMILES string of the molecule is Cc1c(C(=O)N2CCC[C@H](OCc3cccnc3)C2)cnc2ccnn12. The van der Waals surface area contributed by atoms with Crippen molar-refractivity contribution in [2.75, 3.05) is 13.1 Å². The van der Waals surface area contributed by atoms with Crippen LogP contribution in [-0.2, 0) is 11.3 Å². The Morgan fingerprint density at radius 2 is 2.23 bits per heavy atom. The third-order valence-corrected chi connectivity index (χ3v) is 4.76. The van der Waals surface area contributed by atoms with Crippen LogP contribution in [0, 0.1) is 6.92 Å². The summed E-state index contributed by atoms with van der Waals surface area (Å²) in [6.07, 6.45) is 8.81. The van der Waals surface area contributed by atoms with Crippen LogP contribution in [0.5, 0.6) is 0 Å². The van der Waals surface area contributed by atoms with Gasteiger partial charge in [0, 0.05) is 37.7 Å². The predicted molar refractivity (Wildman–Crippen MR) is 95.7 cm³/mol. The smallest absolute Gasteiger partial charge is 0.257 e. The van der Waals surface area contributed by atoms with Crippen molar-refractivity contribution in [2.24, 2.45) is 0 Å². The summed E-state index contributed by atoms with van der Waals surface area (Å²) in [7, 11) is 0.